The molecule has 0 aliphatic heterocycles. The predicted molar refractivity (Wildman–Crippen MR) is 51.6 cm³/mol. The molecule has 0 saturated heterocycles. The molecule has 3 heteroatoms. The van der Waals surface area contributed by atoms with Crippen LogP contribution in [0.2, 0.25) is 0 Å². The van der Waals surface area contributed by atoms with Crippen molar-refractivity contribution in [3.05, 3.63) is 0 Å². The van der Waals surface area contributed by atoms with E-state index in [1.807, 2.05) is 13.8 Å². The topological polar surface area (TPSA) is 46.5 Å². The number of carbonyl (C=O) groups excluding carboxylic acids is 1. The average molecular weight is 198 g/mol. The SMILES string of the molecule is CC(C)C(=O)OC1CC2CC1CC2O. The van der Waals surface area contributed by atoms with E-state index in [-0.39, 0.29) is 24.1 Å². The fourth-order valence-corrected chi connectivity index (χ4v) is 2.62. The molecule has 0 aromatic rings. The van der Waals surface area contributed by atoms with Gasteiger partial charge in [-0.05, 0) is 31.1 Å². The molecule has 0 aromatic heterocycles. The summed E-state index contributed by atoms with van der Waals surface area (Å²) in [5.74, 6) is 0.652. The van der Waals surface area contributed by atoms with Crippen LogP contribution in [-0.4, -0.2) is 23.3 Å². The molecular formula is C11H18O3. The van der Waals surface area contributed by atoms with Crippen LogP contribution < -0.4 is 0 Å². The van der Waals surface area contributed by atoms with Gasteiger partial charge in [0.25, 0.3) is 0 Å². The summed E-state index contributed by atoms with van der Waals surface area (Å²) in [5, 5.41) is 9.54. The zero-order valence-electron chi connectivity index (χ0n) is 8.77. The van der Waals surface area contributed by atoms with Crippen LogP contribution in [-0.2, 0) is 9.53 Å². The summed E-state index contributed by atoms with van der Waals surface area (Å²) >= 11 is 0. The number of hydrogen-bond acceptors (Lipinski definition) is 3. The zero-order chi connectivity index (χ0) is 10.3. The first-order chi connectivity index (χ1) is 6.58. The van der Waals surface area contributed by atoms with E-state index in [1.165, 1.54) is 0 Å². The Kier molecular flexibility index (Phi) is 2.52. The molecule has 14 heavy (non-hydrogen) atoms. The van der Waals surface area contributed by atoms with E-state index in [0.717, 1.165) is 19.3 Å². The Labute approximate surface area is 84.4 Å². The summed E-state index contributed by atoms with van der Waals surface area (Å²) < 4.78 is 5.40. The lowest BCUT2D eigenvalue weighted by Gasteiger charge is -2.25. The van der Waals surface area contributed by atoms with Gasteiger partial charge in [0.1, 0.15) is 6.10 Å². The summed E-state index contributed by atoms with van der Waals surface area (Å²) in [6.07, 6.45) is 2.66. The lowest BCUT2D eigenvalue weighted by molar-refractivity contribution is -0.156. The molecule has 2 bridgehead atoms. The van der Waals surface area contributed by atoms with Crippen LogP contribution in [0.15, 0.2) is 0 Å². The van der Waals surface area contributed by atoms with Gasteiger partial charge in [0.2, 0.25) is 0 Å². The van der Waals surface area contributed by atoms with Crippen molar-refractivity contribution < 1.29 is 14.6 Å². The van der Waals surface area contributed by atoms with E-state index < -0.39 is 0 Å². The fourth-order valence-electron chi connectivity index (χ4n) is 2.62. The van der Waals surface area contributed by atoms with Gasteiger partial charge in [-0.1, -0.05) is 13.8 Å². The lowest BCUT2D eigenvalue weighted by Crippen LogP contribution is -2.30. The largest absolute Gasteiger partial charge is 0.462 e. The highest BCUT2D eigenvalue weighted by molar-refractivity contribution is 5.71. The molecule has 0 heterocycles. The van der Waals surface area contributed by atoms with Crippen molar-refractivity contribution in [1.29, 1.82) is 0 Å². The highest BCUT2D eigenvalue weighted by atomic mass is 16.5. The monoisotopic (exact) mass is 198 g/mol. The maximum absolute atomic E-state index is 11.4. The summed E-state index contributed by atoms with van der Waals surface area (Å²) in [7, 11) is 0. The van der Waals surface area contributed by atoms with Gasteiger partial charge >= 0.3 is 5.97 Å². The summed E-state index contributed by atoms with van der Waals surface area (Å²) in [4.78, 5) is 11.4. The number of hydrogen-bond donors (Lipinski definition) is 1. The molecule has 2 aliphatic rings. The van der Waals surface area contributed by atoms with Gasteiger partial charge in [0.15, 0.2) is 0 Å². The highest BCUT2D eigenvalue weighted by Gasteiger charge is 2.47. The van der Waals surface area contributed by atoms with Crippen molar-refractivity contribution in [2.45, 2.75) is 45.3 Å². The number of rotatable bonds is 2. The van der Waals surface area contributed by atoms with E-state index in [2.05, 4.69) is 0 Å². The third kappa shape index (κ3) is 1.65. The third-order valence-electron chi connectivity index (χ3n) is 3.49. The van der Waals surface area contributed by atoms with E-state index in [9.17, 15) is 9.90 Å². The van der Waals surface area contributed by atoms with Crippen molar-refractivity contribution in [2.24, 2.45) is 17.8 Å². The van der Waals surface area contributed by atoms with Crippen LogP contribution in [0.25, 0.3) is 0 Å². The van der Waals surface area contributed by atoms with Crippen LogP contribution >= 0.6 is 0 Å². The van der Waals surface area contributed by atoms with Crippen LogP contribution in [0.3, 0.4) is 0 Å². The van der Waals surface area contributed by atoms with Crippen LogP contribution in [0, 0.1) is 17.8 Å². The minimum atomic E-state index is -0.144. The first kappa shape index (κ1) is 9.97. The molecule has 2 rings (SSSR count). The van der Waals surface area contributed by atoms with Gasteiger partial charge < -0.3 is 9.84 Å². The van der Waals surface area contributed by atoms with E-state index in [0.29, 0.717) is 11.8 Å². The number of esters is 1. The lowest BCUT2D eigenvalue weighted by atomic mass is 9.95. The van der Waals surface area contributed by atoms with Crippen molar-refractivity contribution >= 4 is 5.97 Å². The van der Waals surface area contributed by atoms with Gasteiger partial charge in [0, 0.05) is 0 Å². The first-order valence-electron chi connectivity index (χ1n) is 5.46. The molecule has 2 saturated carbocycles. The van der Waals surface area contributed by atoms with E-state index in [4.69, 9.17) is 4.74 Å². The maximum atomic E-state index is 11.4. The highest BCUT2D eigenvalue weighted by Crippen LogP contribution is 2.46. The molecule has 4 unspecified atom stereocenters. The van der Waals surface area contributed by atoms with Crippen LogP contribution in [0.5, 0.6) is 0 Å². The Morgan fingerprint density at radius 3 is 2.43 bits per heavy atom. The number of aliphatic hydroxyl groups is 1. The maximum Gasteiger partial charge on any atom is 0.308 e. The first-order valence-corrected chi connectivity index (χ1v) is 5.46. The second-order valence-corrected chi connectivity index (χ2v) is 4.92. The second kappa shape index (κ2) is 3.54. The minimum absolute atomic E-state index is 0.0425. The van der Waals surface area contributed by atoms with Gasteiger partial charge in [-0.3, -0.25) is 4.79 Å². The van der Waals surface area contributed by atoms with Gasteiger partial charge in [0.05, 0.1) is 12.0 Å². The molecule has 0 aromatic carbocycles. The predicted octanol–water partition coefficient (Wildman–Crippen LogP) is 1.34. The van der Waals surface area contributed by atoms with E-state index in [1.54, 1.807) is 0 Å². The molecule has 4 atom stereocenters. The molecule has 0 radical (unpaired) electrons. The van der Waals surface area contributed by atoms with E-state index >= 15 is 0 Å². The quantitative estimate of drug-likeness (QED) is 0.681. The molecular weight excluding hydrogens is 180 g/mol. The standard InChI is InChI=1S/C11H18O3/c1-6(2)11(13)14-10-5-7-3-8(10)4-9(7)12/h6-10,12H,3-5H2,1-2H3. The molecule has 1 N–H and O–H groups in total. The molecule has 3 nitrogen and oxygen atoms in total. The van der Waals surface area contributed by atoms with Crippen LogP contribution in [0.1, 0.15) is 33.1 Å². The molecule has 2 aliphatic carbocycles. The van der Waals surface area contributed by atoms with Gasteiger partial charge in [-0.15, -0.1) is 0 Å². The zero-order valence-corrected chi connectivity index (χ0v) is 8.77. The average Bonchev–Trinajstić information content (AvgIpc) is 2.62. The van der Waals surface area contributed by atoms with Gasteiger partial charge in [-0.25, -0.2) is 0 Å². The van der Waals surface area contributed by atoms with Crippen molar-refractivity contribution in [3.63, 3.8) is 0 Å². The second-order valence-electron chi connectivity index (χ2n) is 4.92. The Morgan fingerprint density at radius 1 is 1.29 bits per heavy atom. The third-order valence-corrected chi connectivity index (χ3v) is 3.49. The Morgan fingerprint density at radius 2 is 2.00 bits per heavy atom. The minimum Gasteiger partial charge on any atom is -0.462 e. The normalized spacial score (nSPS) is 40.6. The number of carbonyl (C=O) groups is 1. The van der Waals surface area contributed by atoms with Crippen molar-refractivity contribution in [1.82, 2.24) is 0 Å². The number of aliphatic hydroxyl groups excluding tert-OH is 1. The smallest absolute Gasteiger partial charge is 0.308 e. The van der Waals surface area contributed by atoms with Crippen molar-refractivity contribution in [2.75, 3.05) is 0 Å². The Bertz CT molecular complexity index is 235. The fraction of sp³-hybridized carbons (Fsp3) is 0.909. The number of fused-ring (bicyclic) bond motifs is 2. The molecule has 2 fully saturated rings. The summed E-state index contributed by atoms with van der Waals surface area (Å²) in [5.41, 5.74) is 0. The molecule has 0 amide bonds. The Balaban J connectivity index is 1.88. The summed E-state index contributed by atoms with van der Waals surface area (Å²) in [6.45, 7) is 3.70. The molecule has 0 spiro atoms. The van der Waals surface area contributed by atoms with Crippen molar-refractivity contribution in [3.8, 4) is 0 Å². The molecule has 80 valence electrons. The van der Waals surface area contributed by atoms with Crippen LogP contribution in [0.4, 0.5) is 0 Å². The summed E-state index contributed by atoms with van der Waals surface area (Å²) in [6, 6.07) is 0. The Hall–Kier alpha value is -0.570. The number of ether oxygens (including phenoxy) is 1. The van der Waals surface area contributed by atoms with Gasteiger partial charge in [-0.2, -0.15) is 0 Å².